The van der Waals surface area contributed by atoms with Gasteiger partial charge in [-0.25, -0.2) is 0 Å². The molecule has 0 aromatic heterocycles. The van der Waals surface area contributed by atoms with Gasteiger partial charge in [0.2, 0.25) is 5.91 Å². The van der Waals surface area contributed by atoms with Crippen LogP contribution in [0, 0.1) is 0 Å². The number of carbonyl (C=O) groups excluding carboxylic acids is 1. The van der Waals surface area contributed by atoms with Crippen LogP contribution in [-0.2, 0) is 11.2 Å². The van der Waals surface area contributed by atoms with E-state index in [1.807, 2.05) is 6.26 Å². The van der Waals surface area contributed by atoms with Gasteiger partial charge in [0.05, 0.1) is 5.75 Å². The van der Waals surface area contributed by atoms with Gasteiger partial charge < -0.3 is 10.1 Å². The average Bonchev–Trinajstić information content (AvgIpc) is 2.31. The first-order chi connectivity index (χ1) is 8.61. The molecule has 0 saturated heterocycles. The Hall–Kier alpha value is -1.30. The molecule has 0 aliphatic heterocycles. The largest absolute Gasteiger partial charge is 0.435 e. The third kappa shape index (κ3) is 5.86. The van der Waals surface area contributed by atoms with E-state index < -0.39 is 6.61 Å². The van der Waals surface area contributed by atoms with Gasteiger partial charge in [0, 0.05) is 6.54 Å². The molecule has 0 fully saturated rings. The van der Waals surface area contributed by atoms with Crippen molar-refractivity contribution in [2.75, 3.05) is 18.6 Å². The number of hydrogen-bond acceptors (Lipinski definition) is 3. The summed E-state index contributed by atoms with van der Waals surface area (Å²) >= 11 is 1.46. The summed E-state index contributed by atoms with van der Waals surface area (Å²) in [7, 11) is 0. The molecule has 0 spiro atoms. The molecular formula is C12H15F2NO2S. The maximum atomic E-state index is 11.9. The molecule has 100 valence electrons. The van der Waals surface area contributed by atoms with Crippen LogP contribution in [0.5, 0.6) is 5.75 Å². The Morgan fingerprint density at radius 2 is 2.06 bits per heavy atom. The molecule has 0 aliphatic rings. The normalized spacial score (nSPS) is 10.4. The number of alkyl halides is 2. The number of ether oxygens (including phenoxy) is 1. The van der Waals surface area contributed by atoms with Crippen molar-refractivity contribution in [1.82, 2.24) is 5.32 Å². The zero-order chi connectivity index (χ0) is 13.4. The Bertz CT molecular complexity index is 371. The lowest BCUT2D eigenvalue weighted by molar-refractivity contribution is -0.118. The van der Waals surface area contributed by atoms with Gasteiger partial charge in [0.15, 0.2) is 0 Å². The molecule has 0 atom stereocenters. The molecule has 0 radical (unpaired) electrons. The summed E-state index contributed by atoms with van der Waals surface area (Å²) in [5.74, 6) is 0.585. The fraction of sp³-hybridized carbons (Fsp3) is 0.417. The summed E-state index contributed by atoms with van der Waals surface area (Å²) in [6.45, 7) is -2.27. The van der Waals surface area contributed by atoms with Gasteiger partial charge in [0.1, 0.15) is 5.75 Å². The molecule has 1 rings (SSSR count). The average molecular weight is 275 g/mol. The van der Waals surface area contributed by atoms with E-state index in [-0.39, 0.29) is 11.7 Å². The zero-order valence-corrected chi connectivity index (χ0v) is 10.8. The minimum atomic E-state index is -2.80. The van der Waals surface area contributed by atoms with Gasteiger partial charge in [0.25, 0.3) is 0 Å². The summed E-state index contributed by atoms with van der Waals surface area (Å²) in [6.07, 6.45) is 2.52. The minimum absolute atomic E-state index is 0.000142. The molecule has 0 heterocycles. The second-order valence-electron chi connectivity index (χ2n) is 3.56. The third-order valence-electron chi connectivity index (χ3n) is 2.16. The summed E-state index contributed by atoms with van der Waals surface area (Å²) in [4.78, 5) is 11.2. The van der Waals surface area contributed by atoms with Gasteiger partial charge in [-0.1, -0.05) is 12.1 Å². The van der Waals surface area contributed by atoms with Crippen LogP contribution in [-0.4, -0.2) is 31.1 Å². The van der Waals surface area contributed by atoms with Gasteiger partial charge in [-0.15, -0.1) is 0 Å². The Kier molecular flexibility index (Phi) is 6.49. The first-order valence-corrected chi connectivity index (χ1v) is 6.80. The second-order valence-corrected chi connectivity index (χ2v) is 4.42. The first-order valence-electron chi connectivity index (χ1n) is 5.41. The highest BCUT2D eigenvalue weighted by Gasteiger charge is 2.04. The van der Waals surface area contributed by atoms with E-state index in [9.17, 15) is 13.6 Å². The van der Waals surface area contributed by atoms with Crippen molar-refractivity contribution in [2.45, 2.75) is 13.0 Å². The number of carbonyl (C=O) groups is 1. The van der Waals surface area contributed by atoms with Crippen molar-refractivity contribution in [3.63, 3.8) is 0 Å². The van der Waals surface area contributed by atoms with E-state index in [4.69, 9.17) is 0 Å². The molecule has 1 aromatic carbocycles. The van der Waals surface area contributed by atoms with Gasteiger partial charge >= 0.3 is 6.61 Å². The SMILES string of the molecule is CSCC(=O)NCCc1ccc(OC(F)F)cc1. The van der Waals surface area contributed by atoms with Crippen LogP contribution >= 0.6 is 11.8 Å². The number of hydrogen-bond donors (Lipinski definition) is 1. The van der Waals surface area contributed by atoms with Crippen LogP contribution in [0.3, 0.4) is 0 Å². The van der Waals surface area contributed by atoms with Crippen molar-refractivity contribution >= 4 is 17.7 Å². The van der Waals surface area contributed by atoms with Crippen LogP contribution in [0.4, 0.5) is 8.78 Å². The smallest absolute Gasteiger partial charge is 0.387 e. The molecule has 0 bridgehead atoms. The molecule has 3 nitrogen and oxygen atoms in total. The maximum absolute atomic E-state index is 11.9. The molecule has 1 amide bonds. The first kappa shape index (κ1) is 14.8. The fourth-order valence-electron chi connectivity index (χ4n) is 1.37. The van der Waals surface area contributed by atoms with E-state index in [1.165, 1.54) is 23.9 Å². The predicted octanol–water partition coefficient (Wildman–Crippen LogP) is 2.31. The molecule has 1 N–H and O–H groups in total. The van der Waals surface area contributed by atoms with Gasteiger partial charge in [-0.2, -0.15) is 20.5 Å². The molecule has 18 heavy (non-hydrogen) atoms. The lowest BCUT2D eigenvalue weighted by Crippen LogP contribution is -2.27. The topological polar surface area (TPSA) is 38.3 Å². The van der Waals surface area contributed by atoms with E-state index in [0.717, 1.165) is 5.56 Å². The van der Waals surface area contributed by atoms with Gasteiger partial charge in [-0.3, -0.25) is 4.79 Å². The summed E-state index contributed by atoms with van der Waals surface area (Å²) < 4.78 is 28.1. The Morgan fingerprint density at radius 3 is 2.61 bits per heavy atom. The van der Waals surface area contributed by atoms with Crippen molar-refractivity contribution in [3.05, 3.63) is 29.8 Å². The molecule has 6 heteroatoms. The number of rotatable bonds is 7. The zero-order valence-electron chi connectivity index (χ0n) is 9.99. The minimum Gasteiger partial charge on any atom is -0.435 e. The number of thioether (sulfide) groups is 1. The molecule has 0 saturated carbocycles. The Balaban J connectivity index is 2.33. The Morgan fingerprint density at radius 1 is 1.39 bits per heavy atom. The summed E-state index contributed by atoms with van der Waals surface area (Å²) in [5, 5.41) is 2.77. The van der Waals surface area contributed by atoms with Crippen LogP contribution < -0.4 is 10.1 Å². The number of nitrogens with one attached hydrogen (secondary N) is 1. The monoisotopic (exact) mass is 275 g/mol. The molecular weight excluding hydrogens is 260 g/mol. The fourth-order valence-corrected chi connectivity index (χ4v) is 1.73. The van der Waals surface area contributed by atoms with Crippen LogP contribution in [0.2, 0.25) is 0 Å². The quantitative estimate of drug-likeness (QED) is 0.830. The van der Waals surface area contributed by atoms with Crippen molar-refractivity contribution in [2.24, 2.45) is 0 Å². The van der Waals surface area contributed by atoms with Gasteiger partial charge in [-0.05, 0) is 30.4 Å². The highest BCUT2D eigenvalue weighted by atomic mass is 32.2. The summed E-state index contributed by atoms with van der Waals surface area (Å²) in [5.41, 5.74) is 0.959. The van der Waals surface area contributed by atoms with E-state index in [1.54, 1.807) is 12.1 Å². The summed E-state index contributed by atoms with van der Waals surface area (Å²) in [6, 6.07) is 6.40. The van der Waals surface area contributed by atoms with E-state index in [0.29, 0.717) is 18.7 Å². The maximum Gasteiger partial charge on any atom is 0.387 e. The van der Waals surface area contributed by atoms with Crippen LogP contribution in [0.15, 0.2) is 24.3 Å². The van der Waals surface area contributed by atoms with Crippen molar-refractivity contribution in [1.29, 1.82) is 0 Å². The van der Waals surface area contributed by atoms with Crippen molar-refractivity contribution in [3.8, 4) is 5.75 Å². The predicted molar refractivity (Wildman–Crippen MR) is 68.2 cm³/mol. The number of amides is 1. The standard InChI is InChI=1S/C12H15F2NO2S/c1-18-8-11(16)15-7-6-9-2-4-10(5-3-9)17-12(13)14/h2-5,12H,6-8H2,1H3,(H,15,16). The number of benzene rings is 1. The lowest BCUT2D eigenvalue weighted by Gasteiger charge is -2.06. The third-order valence-corrected chi connectivity index (χ3v) is 2.71. The molecule has 1 aromatic rings. The Labute approximate surface area is 109 Å². The van der Waals surface area contributed by atoms with Crippen molar-refractivity contribution < 1.29 is 18.3 Å². The second kappa shape index (κ2) is 7.92. The van der Waals surface area contributed by atoms with E-state index in [2.05, 4.69) is 10.1 Å². The highest BCUT2D eigenvalue weighted by molar-refractivity contribution is 7.99. The highest BCUT2D eigenvalue weighted by Crippen LogP contribution is 2.14. The van der Waals surface area contributed by atoms with Crippen LogP contribution in [0.25, 0.3) is 0 Å². The van der Waals surface area contributed by atoms with Crippen LogP contribution in [0.1, 0.15) is 5.56 Å². The molecule has 0 unspecified atom stereocenters. The lowest BCUT2D eigenvalue weighted by atomic mass is 10.1. The van der Waals surface area contributed by atoms with E-state index >= 15 is 0 Å². The molecule has 0 aliphatic carbocycles. The number of halogens is 2.